The molecule has 2 amide bonds. The molecule has 0 aliphatic rings. The average molecular weight is 458 g/mol. The van der Waals surface area contributed by atoms with Gasteiger partial charge in [0.1, 0.15) is 15.4 Å². The van der Waals surface area contributed by atoms with Crippen molar-refractivity contribution in [3.05, 3.63) is 39.1 Å². The summed E-state index contributed by atoms with van der Waals surface area (Å²) in [5.41, 5.74) is 5.69. The van der Waals surface area contributed by atoms with Gasteiger partial charge in [-0.05, 0) is 34.5 Å². The van der Waals surface area contributed by atoms with Crippen molar-refractivity contribution in [1.82, 2.24) is 14.8 Å². The van der Waals surface area contributed by atoms with Gasteiger partial charge in [-0.2, -0.15) is 5.10 Å². The molecule has 27 heavy (non-hydrogen) atoms. The molecule has 3 N–H and O–H groups in total. The number of hydrogen-bond donors (Lipinski definition) is 2. The predicted molar refractivity (Wildman–Crippen MR) is 101 cm³/mol. The number of nitrogens with one attached hydrogen (secondary N) is 1. The van der Waals surface area contributed by atoms with E-state index in [2.05, 4.69) is 31.3 Å². The van der Waals surface area contributed by atoms with Crippen LogP contribution in [0.4, 0.5) is 14.5 Å². The van der Waals surface area contributed by atoms with Crippen LogP contribution in [0.3, 0.4) is 0 Å². The van der Waals surface area contributed by atoms with Crippen LogP contribution in [0.1, 0.15) is 33.8 Å². The second-order valence-corrected chi connectivity index (χ2v) is 7.65. The first-order valence-electron chi connectivity index (χ1n) is 7.76. The van der Waals surface area contributed by atoms with Crippen LogP contribution in [0.15, 0.2) is 22.9 Å². The fraction of sp³-hybridized carbons (Fsp3) is 0.250. The number of rotatable bonds is 6. The number of aryl methyl sites for hydroxylation is 2. The van der Waals surface area contributed by atoms with Crippen molar-refractivity contribution >= 4 is 55.0 Å². The van der Waals surface area contributed by atoms with Gasteiger partial charge in [-0.25, -0.2) is 13.8 Å². The number of nitrogens with zero attached hydrogens (tertiary/aromatic N) is 3. The molecule has 0 spiro atoms. The fourth-order valence-corrected chi connectivity index (χ4v) is 3.98. The van der Waals surface area contributed by atoms with Gasteiger partial charge in [-0.1, -0.05) is 0 Å². The lowest BCUT2D eigenvalue weighted by Gasteiger charge is -2.08. The number of anilines is 1. The summed E-state index contributed by atoms with van der Waals surface area (Å²) >= 11 is 4.15. The third-order valence-electron chi connectivity index (χ3n) is 3.76. The van der Waals surface area contributed by atoms with Gasteiger partial charge in [-0.15, -0.1) is 11.3 Å². The van der Waals surface area contributed by atoms with Crippen molar-refractivity contribution in [3.63, 3.8) is 0 Å². The zero-order valence-corrected chi connectivity index (χ0v) is 16.4. The SMILES string of the molecule is Cc1cc(C(F)F)nc2sc(C(N)=O)c(NC(=O)CCn3cc(Br)cn3)c12. The summed E-state index contributed by atoms with van der Waals surface area (Å²) in [7, 11) is 0. The van der Waals surface area contributed by atoms with Crippen LogP contribution in [-0.2, 0) is 11.3 Å². The minimum atomic E-state index is -2.74. The monoisotopic (exact) mass is 457 g/mol. The van der Waals surface area contributed by atoms with E-state index in [1.807, 2.05) is 0 Å². The maximum atomic E-state index is 13.0. The number of thiophene rings is 1. The molecule has 0 fully saturated rings. The molecule has 0 unspecified atom stereocenters. The molecule has 11 heteroatoms. The van der Waals surface area contributed by atoms with Crippen LogP contribution in [0.5, 0.6) is 0 Å². The Labute approximate surface area is 164 Å². The number of fused-ring (bicyclic) bond motifs is 1. The number of hydrogen-bond acceptors (Lipinski definition) is 5. The Bertz CT molecular complexity index is 1030. The molecule has 0 aliphatic heterocycles. The molecule has 0 radical (unpaired) electrons. The summed E-state index contributed by atoms with van der Waals surface area (Å²) < 4.78 is 28.3. The van der Waals surface area contributed by atoms with Crippen molar-refractivity contribution in [1.29, 1.82) is 0 Å². The summed E-state index contributed by atoms with van der Waals surface area (Å²) in [6, 6.07) is 1.24. The summed E-state index contributed by atoms with van der Waals surface area (Å²) in [6.07, 6.45) is 0.692. The van der Waals surface area contributed by atoms with Crippen molar-refractivity contribution in [2.45, 2.75) is 26.3 Å². The minimum Gasteiger partial charge on any atom is -0.365 e. The van der Waals surface area contributed by atoms with Crippen LogP contribution < -0.4 is 11.1 Å². The lowest BCUT2D eigenvalue weighted by atomic mass is 10.1. The third-order valence-corrected chi connectivity index (χ3v) is 5.27. The van der Waals surface area contributed by atoms with Gasteiger partial charge in [0, 0.05) is 24.5 Å². The average Bonchev–Trinajstić information content (AvgIpc) is 3.17. The van der Waals surface area contributed by atoms with Gasteiger partial charge in [0.2, 0.25) is 5.91 Å². The van der Waals surface area contributed by atoms with Gasteiger partial charge >= 0.3 is 0 Å². The first-order valence-corrected chi connectivity index (χ1v) is 9.37. The molecule has 142 valence electrons. The highest BCUT2D eigenvalue weighted by molar-refractivity contribution is 9.10. The van der Waals surface area contributed by atoms with Gasteiger partial charge in [0.05, 0.1) is 16.4 Å². The number of carbonyl (C=O) groups is 2. The highest BCUT2D eigenvalue weighted by Crippen LogP contribution is 2.38. The fourth-order valence-electron chi connectivity index (χ4n) is 2.59. The van der Waals surface area contributed by atoms with Crippen LogP contribution in [-0.4, -0.2) is 26.6 Å². The van der Waals surface area contributed by atoms with Crippen LogP contribution in [0.2, 0.25) is 0 Å². The van der Waals surface area contributed by atoms with Crippen molar-refractivity contribution in [2.75, 3.05) is 5.32 Å². The summed E-state index contributed by atoms with van der Waals surface area (Å²) in [6.45, 7) is 1.95. The lowest BCUT2D eigenvalue weighted by molar-refractivity contribution is -0.116. The largest absolute Gasteiger partial charge is 0.365 e. The van der Waals surface area contributed by atoms with Crippen LogP contribution in [0.25, 0.3) is 10.2 Å². The number of amides is 2. The smallest absolute Gasteiger partial charge is 0.280 e. The molecule has 0 bridgehead atoms. The summed E-state index contributed by atoms with van der Waals surface area (Å²) in [5, 5.41) is 7.17. The minimum absolute atomic E-state index is 0.0715. The number of alkyl halides is 2. The van der Waals surface area contributed by atoms with Crippen molar-refractivity contribution in [2.24, 2.45) is 5.73 Å². The molecule has 0 aromatic carbocycles. The third kappa shape index (κ3) is 4.14. The number of aromatic nitrogens is 3. The highest BCUT2D eigenvalue weighted by Gasteiger charge is 2.23. The Balaban J connectivity index is 1.90. The second kappa shape index (κ2) is 7.69. The Morgan fingerprint density at radius 3 is 2.78 bits per heavy atom. The maximum Gasteiger partial charge on any atom is 0.280 e. The first-order chi connectivity index (χ1) is 12.8. The molecule has 3 rings (SSSR count). The number of halogens is 3. The van der Waals surface area contributed by atoms with Gasteiger partial charge in [0.25, 0.3) is 12.3 Å². The van der Waals surface area contributed by atoms with E-state index in [1.165, 1.54) is 6.07 Å². The van der Waals surface area contributed by atoms with E-state index in [9.17, 15) is 18.4 Å². The van der Waals surface area contributed by atoms with Gasteiger partial charge < -0.3 is 11.1 Å². The highest BCUT2D eigenvalue weighted by atomic mass is 79.9. The standard InChI is InChI=1S/C16H14BrF2N5O2S/c1-7-4-9(14(18)19)22-16-11(7)12(13(27-16)15(20)26)23-10(25)2-3-24-6-8(17)5-21-24/h4-6,14H,2-3H2,1H3,(H2,20,26)(H,23,25). The van der Waals surface area contributed by atoms with Crippen LogP contribution in [0, 0.1) is 6.92 Å². The topological polar surface area (TPSA) is 103 Å². The Morgan fingerprint density at radius 1 is 1.44 bits per heavy atom. The molecule has 0 atom stereocenters. The van der Waals surface area contributed by atoms with E-state index in [0.717, 1.165) is 15.8 Å². The van der Waals surface area contributed by atoms with Crippen LogP contribution >= 0.6 is 27.3 Å². The Hall–Kier alpha value is -2.40. The zero-order chi connectivity index (χ0) is 19.7. The van der Waals surface area contributed by atoms with E-state index >= 15 is 0 Å². The molecule has 7 nitrogen and oxygen atoms in total. The van der Waals surface area contributed by atoms with E-state index in [0.29, 0.717) is 17.5 Å². The number of pyridine rings is 1. The van der Waals surface area contributed by atoms with Crippen molar-refractivity contribution < 1.29 is 18.4 Å². The molecule has 0 aliphatic carbocycles. The molecule has 0 saturated heterocycles. The van der Waals surface area contributed by atoms with E-state index < -0.39 is 12.3 Å². The van der Waals surface area contributed by atoms with Gasteiger partial charge in [-0.3, -0.25) is 14.3 Å². The Kier molecular flexibility index (Phi) is 5.51. The van der Waals surface area contributed by atoms with E-state index in [-0.39, 0.29) is 33.4 Å². The molecular formula is C16H14BrF2N5O2S. The number of nitrogens with two attached hydrogens (primary N) is 1. The van der Waals surface area contributed by atoms with Gasteiger partial charge in [0.15, 0.2) is 0 Å². The maximum absolute atomic E-state index is 13.0. The normalized spacial score (nSPS) is 11.3. The predicted octanol–water partition coefficient (Wildman–Crippen LogP) is 3.63. The molecule has 0 saturated carbocycles. The van der Waals surface area contributed by atoms with Crippen molar-refractivity contribution in [3.8, 4) is 0 Å². The molecule has 3 aromatic rings. The van der Waals surface area contributed by atoms with E-state index in [1.54, 1.807) is 24.0 Å². The zero-order valence-electron chi connectivity index (χ0n) is 14.0. The molecular weight excluding hydrogens is 444 g/mol. The Morgan fingerprint density at radius 2 is 2.19 bits per heavy atom. The van der Waals surface area contributed by atoms with E-state index in [4.69, 9.17) is 5.73 Å². The summed E-state index contributed by atoms with van der Waals surface area (Å²) in [4.78, 5) is 28.3. The number of carbonyl (C=O) groups excluding carboxylic acids is 2. The number of primary amides is 1. The first kappa shape index (κ1) is 19.4. The quantitative estimate of drug-likeness (QED) is 0.589. The second-order valence-electron chi connectivity index (χ2n) is 5.74. The summed E-state index contributed by atoms with van der Waals surface area (Å²) in [5.74, 6) is -1.12. The lowest BCUT2D eigenvalue weighted by Crippen LogP contribution is -2.18. The molecule has 3 aromatic heterocycles. The molecule has 3 heterocycles.